The molecule has 0 N–H and O–H groups in total. The van der Waals surface area contributed by atoms with Crippen molar-refractivity contribution in [3.63, 3.8) is 0 Å². The van der Waals surface area contributed by atoms with Gasteiger partial charge < -0.3 is 0 Å². The van der Waals surface area contributed by atoms with Gasteiger partial charge in [-0.1, -0.05) is 0 Å². The van der Waals surface area contributed by atoms with Gasteiger partial charge in [-0.2, -0.15) is 0 Å². The second-order valence-electron chi connectivity index (χ2n) is 8.52. The first-order chi connectivity index (χ1) is 17.5. The minimum atomic E-state index is -4.13. The third kappa shape index (κ3) is 4.07. The van der Waals surface area contributed by atoms with E-state index in [0.717, 1.165) is 26.5 Å². The van der Waals surface area contributed by atoms with Gasteiger partial charge in [-0.3, -0.25) is 0 Å². The molecule has 0 spiro atoms. The first-order valence-electron chi connectivity index (χ1n) is 11.6. The summed E-state index contributed by atoms with van der Waals surface area (Å²) in [5.41, 5.74) is 0. The Morgan fingerprint density at radius 1 is 0.417 bits per heavy atom. The summed E-state index contributed by atoms with van der Waals surface area (Å²) in [6, 6.07) is 51.2. The van der Waals surface area contributed by atoms with E-state index in [9.17, 15) is 0 Å². The summed E-state index contributed by atoms with van der Waals surface area (Å²) in [6.45, 7) is -2.69. The summed E-state index contributed by atoms with van der Waals surface area (Å²) in [4.78, 5) is 0. The third-order valence-corrected chi connectivity index (χ3v) is 21.7. The van der Waals surface area contributed by atoms with Crippen LogP contribution in [-0.2, 0) is 0 Å². The molecule has 0 aromatic heterocycles. The normalized spacial score (nSPS) is 12.9. The van der Waals surface area contributed by atoms with E-state index in [-0.39, 0.29) is 0 Å². The van der Waals surface area contributed by atoms with Crippen molar-refractivity contribution in [1.29, 1.82) is 0 Å². The molecule has 0 bridgehead atoms. The van der Waals surface area contributed by atoms with E-state index in [1.165, 1.54) is 0 Å². The van der Waals surface area contributed by atoms with Crippen molar-refractivity contribution in [3.05, 3.63) is 152 Å². The molecule has 0 aliphatic rings. The van der Waals surface area contributed by atoms with Crippen molar-refractivity contribution < 1.29 is 0 Å². The fourth-order valence-electron chi connectivity index (χ4n) is 4.73. The number of rotatable bonds is 6. The fourth-order valence-corrected chi connectivity index (χ4v) is 18.9. The van der Waals surface area contributed by atoms with Gasteiger partial charge in [-0.15, -0.1) is 0 Å². The van der Waals surface area contributed by atoms with Crippen LogP contribution in [0.25, 0.3) is 0 Å². The number of benzene rings is 5. The van der Waals surface area contributed by atoms with Crippen LogP contribution >= 0.6 is 46.3 Å². The topological polar surface area (TPSA) is 0 Å². The number of hydrogen-bond donors (Lipinski definition) is 0. The van der Waals surface area contributed by atoms with Crippen molar-refractivity contribution in [2.24, 2.45) is 0 Å². The summed E-state index contributed by atoms with van der Waals surface area (Å²) < 4.78 is 0.595. The van der Waals surface area contributed by atoms with E-state index in [2.05, 4.69) is 72.8 Å². The molecule has 180 valence electrons. The van der Waals surface area contributed by atoms with Gasteiger partial charge in [0, 0.05) is 0 Å². The fraction of sp³-hybridized carbons (Fsp3) is 0. The molecule has 0 saturated heterocycles. The maximum absolute atomic E-state index is 7.98. The van der Waals surface area contributed by atoms with Crippen molar-refractivity contribution in [3.8, 4) is 0 Å². The van der Waals surface area contributed by atoms with Crippen LogP contribution in [0.5, 0.6) is 0 Å². The average Bonchev–Trinajstić information content (AvgIpc) is 2.96. The monoisotopic (exact) mass is 564 g/mol. The van der Waals surface area contributed by atoms with Crippen LogP contribution < -0.4 is 26.5 Å². The predicted octanol–water partition coefficient (Wildman–Crippen LogP) is 7.82. The molecular formula is C31H25Cl3P2. The van der Waals surface area contributed by atoms with Crippen LogP contribution in [0.1, 0.15) is 0 Å². The van der Waals surface area contributed by atoms with E-state index in [1.54, 1.807) is 0 Å². The molecule has 0 aliphatic heterocycles. The molecule has 0 fully saturated rings. The summed E-state index contributed by atoms with van der Waals surface area (Å²) >= 11 is 23.9. The second kappa shape index (κ2) is 10.2. The molecule has 0 amide bonds. The van der Waals surface area contributed by atoms with Gasteiger partial charge in [0.15, 0.2) is 0 Å². The van der Waals surface area contributed by atoms with Gasteiger partial charge in [-0.05, 0) is 0 Å². The van der Waals surface area contributed by atoms with Crippen molar-refractivity contribution >= 4 is 77.3 Å². The molecular weight excluding hydrogens is 541 g/mol. The van der Waals surface area contributed by atoms with E-state index >= 15 is 0 Å². The zero-order valence-electron chi connectivity index (χ0n) is 19.5. The molecule has 0 unspecified atom stereocenters. The molecule has 36 heavy (non-hydrogen) atoms. The molecule has 0 nitrogen and oxygen atoms in total. The Kier molecular flexibility index (Phi) is 7.20. The van der Waals surface area contributed by atoms with Gasteiger partial charge in [0.05, 0.1) is 0 Å². The number of hydrogen-bond acceptors (Lipinski definition) is 0. The maximum atomic E-state index is 7.98. The minimum absolute atomic E-state index is 0.595. The molecule has 0 atom stereocenters. The van der Waals surface area contributed by atoms with Crippen LogP contribution in [0.4, 0.5) is 0 Å². The van der Waals surface area contributed by atoms with Gasteiger partial charge in [-0.25, -0.2) is 0 Å². The zero-order chi connectivity index (χ0) is 25.1. The van der Waals surface area contributed by atoms with Crippen LogP contribution in [0.15, 0.2) is 152 Å². The summed E-state index contributed by atoms with van der Waals surface area (Å²) in [5.74, 6) is 0. The van der Waals surface area contributed by atoms with Crippen LogP contribution in [0, 0.1) is 0 Å². The van der Waals surface area contributed by atoms with Crippen LogP contribution in [-0.4, -0.2) is 4.49 Å². The molecule has 0 aliphatic carbocycles. The Labute approximate surface area is 228 Å². The Hall–Kier alpha value is -2.30. The van der Waals surface area contributed by atoms with Crippen LogP contribution in [0.3, 0.4) is 0 Å². The summed E-state index contributed by atoms with van der Waals surface area (Å²) in [5, 5.41) is 0.842. The van der Waals surface area contributed by atoms with Gasteiger partial charge >= 0.3 is 229 Å². The number of halogens is 3. The van der Waals surface area contributed by atoms with E-state index in [0.29, 0.717) is 4.49 Å². The van der Waals surface area contributed by atoms with E-state index < -0.39 is 12.2 Å². The van der Waals surface area contributed by atoms with Crippen LogP contribution in [0.2, 0.25) is 0 Å². The van der Waals surface area contributed by atoms with Crippen molar-refractivity contribution in [1.82, 2.24) is 0 Å². The molecule has 5 aromatic carbocycles. The molecule has 0 heterocycles. The average molecular weight is 566 g/mol. The molecule has 0 radical (unpaired) electrons. The van der Waals surface area contributed by atoms with Gasteiger partial charge in [0.2, 0.25) is 0 Å². The Morgan fingerprint density at radius 3 is 0.944 bits per heavy atom. The molecule has 5 heteroatoms. The van der Waals surface area contributed by atoms with E-state index in [4.69, 9.17) is 34.1 Å². The molecule has 5 aromatic rings. The van der Waals surface area contributed by atoms with Crippen molar-refractivity contribution in [2.75, 3.05) is 0 Å². The zero-order valence-corrected chi connectivity index (χ0v) is 23.5. The van der Waals surface area contributed by atoms with E-state index in [1.807, 2.05) is 78.9 Å². The quantitative estimate of drug-likeness (QED) is 0.184. The summed E-state index contributed by atoms with van der Waals surface area (Å²) in [7, 11) is 0. The predicted molar refractivity (Wildman–Crippen MR) is 167 cm³/mol. The summed E-state index contributed by atoms with van der Waals surface area (Å²) in [6.07, 6.45) is 0. The Balaban J connectivity index is 2.09. The Bertz CT molecular complexity index is 1360. The Morgan fingerprint density at radius 2 is 0.667 bits per heavy atom. The standard InChI is InChI=1S/C31H25Cl3P2/c32-31(36(33,34,29-22-12-4-13-23-29)30-24-14-5-15-25-30)35(26-16-6-1-7-17-26,27-18-8-2-9-19-27)28-20-10-3-11-21-28/h1-25H. The first kappa shape index (κ1) is 25.4. The second-order valence-corrected chi connectivity index (χ2v) is 21.0. The first-order valence-corrected chi connectivity index (χ1v) is 17.9. The van der Waals surface area contributed by atoms with Gasteiger partial charge in [0.25, 0.3) is 0 Å². The van der Waals surface area contributed by atoms with Gasteiger partial charge in [0.1, 0.15) is 0 Å². The van der Waals surface area contributed by atoms with Crippen molar-refractivity contribution in [2.45, 2.75) is 0 Å². The molecule has 0 saturated carbocycles. The third-order valence-electron chi connectivity index (χ3n) is 6.45. The molecule has 5 rings (SSSR count). The SMILES string of the molecule is ClC(=P(c1ccccc1)(c1ccccc1)c1ccccc1)P(Cl)(Cl)(c1ccccc1)c1ccccc1.